The highest BCUT2D eigenvalue weighted by Gasteiger charge is 2.42. The maximum Gasteiger partial charge on any atom is 0.326 e. The van der Waals surface area contributed by atoms with Gasteiger partial charge in [0, 0.05) is 79.4 Å². The average molecular weight is 1760 g/mol. The number of aliphatic carboxylic acids is 2. The number of aliphatic hydroxyl groups is 3. The van der Waals surface area contributed by atoms with Crippen molar-refractivity contribution in [1.29, 1.82) is 5.41 Å². The molecule has 682 valence electrons. The van der Waals surface area contributed by atoms with E-state index in [0.29, 0.717) is 56.9 Å². The average Bonchev–Trinajstić information content (AvgIpc) is 1.69. The Morgan fingerprint density at radius 3 is 1.39 bits per heavy atom. The number of nitrogens with one attached hydrogen (secondary N) is 16. The molecule has 27 N–H and O–H groups in total. The molecule has 0 radical (unpaired) electrons. The van der Waals surface area contributed by atoms with E-state index in [9.17, 15) is 103 Å². The summed E-state index contributed by atoms with van der Waals surface area (Å²) in [5.41, 5.74) is 14.9. The number of carboxylic acids is 2. The van der Waals surface area contributed by atoms with Crippen LogP contribution in [0.4, 0.5) is 0 Å². The topological polar surface area (TPSA) is 665 Å². The number of phenols is 2. The Morgan fingerprint density at radius 2 is 0.890 bits per heavy atom. The standard InChI is InChI=1S/C86H111N19O22/c1-45(2)32-59(95-80(121)67(43-107)102-73(114)56(87)18-12-30-90-86(88)89)78(119)104-72(46(3)4)83(124)99-62(37-51-40-92-58-20-11-9-17-55(51)58)76(117)96-60(33-48-22-26-52(109)27-23-48)75(116)98-63(38-71(112)113)74(115)93-41-70(111)94-66(42-106)79(120)103-68(44-108)81(122)97-61(36-50-39-91-57-19-10-8-16-54(50)57)77(118)100-64(34-47-14-6-5-7-15-47)84(125)105-31-13-21-69(105)82(123)101-65(85(126)127)35-49-24-28-53(110)29-25-49/h5-11,14-17,19-20,22-29,39-40,45-46,56,59-69,72,91-92,106-110H,12-13,18,21,30-38,41-44,87H2,1-4H3,(H,93,115)(H,94,111)(H,95,121)(H,96,117)(H,97,122)(H,98,116)(H,99,124)(H,100,118)(H,101,123)(H,102,114)(H,103,120)(H,104,119)(H,112,113)(H,126,127)(H4,88,89,90)/t56-,59-,60-,61-,62-,63-,64-,65-,66-,67-,68-,69-,72-/m0/s1. The third-order valence-electron chi connectivity index (χ3n) is 21.0. The van der Waals surface area contributed by atoms with E-state index in [1.807, 2.05) is 0 Å². The zero-order valence-electron chi connectivity index (χ0n) is 70.3. The summed E-state index contributed by atoms with van der Waals surface area (Å²) in [5, 5.41) is 112. The van der Waals surface area contributed by atoms with Crippen LogP contribution in [0, 0.1) is 17.2 Å². The molecular weight excluding hydrogens is 1650 g/mol. The molecule has 0 saturated carbocycles. The second-order valence-corrected chi connectivity index (χ2v) is 31.6. The Bertz CT molecular complexity index is 5030. The highest BCUT2D eigenvalue weighted by molar-refractivity contribution is 6.01. The van der Waals surface area contributed by atoms with Crippen molar-refractivity contribution in [3.05, 3.63) is 168 Å². The maximum absolute atomic E-state index is 15.1. The van der Waals surface area contributed by atoms with E-state index >= 15 is 4.79 Å². The van der Waals surface area contributed by atoms with Gasteiger partial charge in [-0.1, -0.05) is 119 Å². The number of rotatable bonds is 48. The lowest BCUT2D eigenvalue weighted by Gasteiger charge is -2.31. The molecular formula is C86H111N19O22. The summed E-state index contributed by atoms with van der Waals surface area (Å²) in [5.74, 6) is -18.0. The summed E-state index contributed by atoms with van der Waals surface area (Å²) >= 11 is 0. The first kappa shape index (κ1) is 98.4. The van der Waals surface area contributed by atoms with E-state index in [1.165, 1.54) is 53.4 Å². The second kappa shape index (κ2) is 47.7. The first-order valence-electron chi connectivity index (χ1n) is 41.2. The van der Waals surface area contributed by atoms with Crippen LogP contribution in [0.25, 0.3) is 21.8 Å². The first-order valence-corrected chi connectivity index (χ1v) is 41.2. The van der Waals surface area contributed by atoms with Crippen LogP contribution in [0.2, 0.25) is 0 Å². The van der Waals surface area contributed by atoms with Crippen LogP contribution in [-0.2, 0) is 104 Å². The van der Waals surface area contributed by atoms with Crippen LogP contribution in [0.1, 0.15) is 94.0 Å². The number of H-pyrrole nitrogens is 2. The molecule has 41 nitrogen and oxygen atoms in total. The Balaban J connectivity index is 0.947. The lowest BCUT2D eigenvalue weighted by Crippen LogP contribution is -2.61. The molecule has 0 spiro atoms. The van der Waals surface area contributed by atoms with Crippen LogP contribution in [-0.4, -0.2) is 263 Å². The van der Waals surface area contributed by atoms with Crippen molar-refractivity contribution in [2.75, 3.05) is 39.5 Å². The smallest absolute Gasteiger partial charge is 0.326 e. The van der Waals surface area contributed by atoms with Crippen LogP contribution in [0.5, 0.6) is 11.5 Å². The quantitative estimate of drug-likeness (QED) is 0.0102. The Kier molecular flexibility index (Phi) is 37.0. The number of nitrogens with zero attached hydrogens (tertiary/aromatic N) is 1. The monoisotopic (exact) mass is 1760 g/mol. The number of benzene rings is 5. The number of para-hydroxylation sites is 2. The predicted octanol–water partition coefficient (Wildman–Crippen LogP) is -3.16. The van der Waals surface area contributed by atoms with E-state index in [0.717, 1.165) is 0 Å². The fourth-order valence-corrected chi connectivity index (χ4v) is 14.3. The Morgan fingerprint density at radius 1 is 0.465 bits per heavy atom. The number of aromatic nitrogens is 2. The Hall–Kier alpha value is -14.1. The number of likely N-dealkylation sites (tertiary alicyclic amines) is 1. The van der Waals surface area contributed by atoms with Crippen molar-refractivity contribution in [1.82, 2.24) is 84.0 Å². The highest BCUT2D eigenvalue weighted by atomic mass is 16.4. The number of hydrogen-bond donors (Lipinski definition) is 25. The van der Waals surface area contributed by atoms with Gasteiger partial charge in [-0.25, -0.2) is 4.79 Å². The molecule has 13 atom stereocenters. The normalized spacial score (nSPS) is 15.3. The number of guanidine groups is 1. The second-order valence-electron chi connectivity index (χ2n) is 31.6. The van der Waals surface area contributed by atoms with E-state index in [-0.39, 0.29) is 87.0 Å². The molecule has 1 aliphatic heterocycles. The molecule has 0 unspecified atom stereocenters. The molecule has 0 bridgehead atoms. The third kappa shape index (κ3) is 29.6. The van der Waals surface area contributed by atoms with E-state index < -0.39 is 212 Å². The molecule has 7 aromatic rings. The minimum Gasteiger partial charge on any atom is -0.508 e. The van der Waals surface area contributed by atoms with Crippen molar-refractivity contribution in [2.24, 2.45) is 23.3 Å². The fraction of sp³-hybridized carbons (Fsp3) is 0.419. The zero-order valence-corrected chi connectivity index (χ0v) is 70.3. The van der Waals surface area contributed by atoms with Gasteiger partial charge < -0.3 is 131 Å². The minimum absolute atomic E-state index is 0.0202. The van der Waals surface area contributed by atoms with Gasteiger partial charge in [-0.15, -0.1) is 0 Å². The summed E-state index contributed by atoms with van der Waals surface area (Å²) in [6.07, 6.45) is 1.44. The number of aromatic amines is 2. The third-order valence-corrected chi connectivity index (χ3v) is 21.0. The van der Waals surface area contributed by atoms with Crippen LogP contribution < -0.4 is 80.6 Å². The minimum atomic E-state index is -2.05. The van der Waals surface area contributed by atoms with Gasteiger partial charge in [-0.05, 0) is 108 Å². The first-order chi connectivity index (χ1) is 60.5. The molecule has 13 amide bonds. The molecule has 41 heteroatoms. The number of carbonyl (C=O) groups excluding carboxylic acids is 13. The number of carboxylic acid groups (broad SMARTS) is 2. The molecule has 8 rings (SSSR count). The zero-order chi connectivity index (χ0) is 92.7. The summed E-state index contributed by atoms with van der Waals surface area (Å²) in [4.78, 5) is 218. The number of fused-ring (bicyclic) bond motifs is 2. The van der Waals surface area contributed by atoms with Crippen LogP contribution in [0.3, 0.4) is 0 Å². The van der Waals surface area contributed by atoms with Crippen molar-refractivity contribution < 1.29 is 108 Å². The van der Waals surface area contributed by atoms with E-state index in [2.05, 4.69) is 79.1 Å². The lowest BCUT2D eigenvalue weighted by atomic mass is 9.98. The summed E-state index contributed by atoms with van der Waals surface area (Å²) in [6, 6.07) is 12.7. The van der Waals surface area contributed by atoms with Gasteiger partial charge in [0.15, 0.2) is 5.96 Å². The highest BCUT2D eigenvalue weighted by Crippen LogP contribution is 2.25. The number of carbonyl (C=O) groups is 15. The number of amides is 13. The van der Waals surface area contributed by atoms with Crippen molar-refractivity contribution in [2.45, 2.75) is 177 Å². The van der Waals surface area contributed by atoms with Gasteiger partial charge in [0.2, 0.25) is 76.8 Å². The molecule has 1 aliphatic rings. The molecule has 1 saturated heterocycles. The lowest BCUT2D eigenvalue weighted by molar-refractivity contribution is -0.145. The van der Waals surface area contributed by atoms with Gasteiger partial charge >= 0.3 is 11.9 Å². The van der Waals surface area contributed by atoms with Crippen molar-refractivity contribution in [3.63, 3.8) is 0 Å². The molecule has 0 aliphatic carbocycles. The SMILES string of the molecule is CC(C)C[C@H](NC(=O)[C@H](CO)NC(=O)[C@@H](N)CCCNC(=N)N)C(=O)N[C@H](C(=O)N[C@@H](Cc1c[nH]c2ccccc12)C(=O)N[C@@H](Cc1ccc(O)cc1)C(=O)N[C@@H](CC(=O)O)C(=O)NCC(=O)N[C@@H](CO)C(=O)N[C@@H](CO)C(=O)N[C@@H](Cc1c[nH]c2ccccc12)C(=O)N[C@@H](Cc1ccccc1)C(=O)N1CCC[C@H]1C(=O)N[C@@H](Cc1ccc(O)cc1)C(=O)O)C(C)C. The molecule has 2 aromatic heterocycles. The summed E-state index contributed by atoms with van der Waals surface area (Å²) < 4.78 is 0. The largest absolute Gasteiger partial charge is 0.508 e. The summed E-state index contributed by atoms with van der Waals surface area (Å²) in [6.45, 7) is 2.51. The predicted molar refractivity (Wildman–Crippen MR) is 459 cm³/mol. The van der Waals surface area contributed by atoms with Crippen molar-refractivity contribution >= 4 is 116 Å². The Labute approximate surface area is 729 Å². The number of aliphatic hydroxyl groups excluding tert-OH is 3. The summed E-state index contributed by atoms with van der Waals surface area (Å²) in [7, 11) is 0. The van der Waals surface area contributed by atoms with Crippen LogP contribution >= 0.6 is 0 Å². The van der Waals surface area contributed by atoms with Gasteiger partial charge in [-0.3, -0.25) is 72.5 Å². The number of aromatic hydroxyl groups is 2. The molecule has 5 aromatic carbocycles. The van der Waals surface area contributed by atoms with Gasteiger partial charge in [0.25, 0.3) is 0 Å². The maximum atomic E-state index is 15.1. The van der Waals surface area contributed by atoms with Gasteiger partial charge in [0.05, 0.1) is 38.8 Å². The van der Waals surface area contributed by atoms with Gasteiger partial charge in [0.1, 0.15) is 84.0 Å². The number of hydrogen-bond acceptors (Lipinski definition) is 22. The van der Waals surface area contributed by atoms with E-state index in [1.54, 1.807) is 119 Å². The molecule has 1 fully saturated rings. The van der Waals surface area contributed by atoms with Crippen molar-refractivity contribution in [3.8, 4) is 11.5 Å². The fourth-order valence-electron chi connectivity index (χ4n) is 14.3. The molecule has 127 heavy (non-hydrogen) atoms. The molecule has 3 heterocycles. The van der Waals surface area contributed by atoms with E-state index in [4.69, 9.17) is 16.9 Å². The number of phenolic OH excluding ortho intramolecular Hbond substituents is 2. The van der Waals surface area contributed by atoms with Gasteiger partial charge in [-0.2, -0.15) is 0 Å². The number of nitrogens with two attached hydrogens (primary N) is 2. The van der Waals surface area contributed by atoms with Crippen LogP contribution in [0.15, 0.2) is 140 Å².